The lowest BCUT2D eigenvalue weighted by molar-refractivity contribution is 0.0392. The summed E-state index contributed by atoms with van der Waals surface area (Å²) in [5.41, 5.74) is 1.48. The predicted molar refractivity (Wildman–Crippen MR) is 117 cm³/mol. The molecule has 0 N–H and O–H groups in total. The first-order valence-electron chi connectivity index (χ1n) is 10.4. The molecule has 1 atom stereocenters. The molecular weight excluding hydrogens is 432 g/mol. The summed E-state index contributed by atoms with van der Waals surface area (Å²) in [6.45, 7) is 3.04. The maximum absolute atomic E-state index is 14.0. The summed E-state index contributed by atoms with van der Waals surface area (Å²) in [6, 6.07) is 3.49. The monoisotopic (exact) mass is 453 g/mol. The average Bonchev–Trinajstić information content (AvgIpc) is 3.25. The van der Waals surface area contributed by atoms with Crippen LogP contribution in [0.3, 0.4) is 0 Å². The first kappa shape index (κ1) is 21.1. The zero-order chi connectivity index (χ0) is 23.3. The zero-order valence-electron chi connectivity index (χ0n) is 18.3. The van der Waals surface area contributed by atoms with Gasteiger partial charge in [0.2, 0.25) is 5.95 Å². The average molecular weight is 453 g/mol. The summed E-state index contributed by atoms with van der Waals surface area (Å²) in [5, 5.41) is 4.20. The Balaban J connectivity index is 1.66. The highest BCUT2D eigenvalue weighted by Gasteiger charge is 2.27. The van der Waals surface area contributed by atoms with E-state index in [0.29, 0.717) is 37.0 Å². The van der Waals surface area contributed by atoms with Crippen molar-refractivity contribution in [2.45, 2.75) is 13.0 Å². The standard InChI is InChI=1S/C22H21F2N7O2/c1-12-26-19-18(13-4-5-15(23)16(24)8-13)27-22(28-20(19)21(32)30(12)3)31-6-7-33-17(11-31)14-9-25-29(2)10-14/h4-5,8-10,17H,6-7,11H2,1-3H3/t17-/m1/s1. The third-order valence-corrected chi connectivity index (χ3v) is 5.78. The van der Waals surface area contributed by atoms with Crippen LogP contribution >= 0.6 is 0 Å². The molecule has 3 aromatic heterocycles. The SMILES string of the molecule is Cc1nc2c(-c3ccc(F)c(F)c3)nc(N3CCO[C@@H](c4cnn(C)c4)C3)nc2c(=O)n1C. The highest BCUT2D eigenvalue weighted by atomic mass is 19.2. The number of fused-ring (bicyclic) bond motifs is 1. The van der Waals surface area contributed by atoms with Gasteiger partial charge in [-0.1, -0.05) is 0 Å². The zero-order valence-corrected chi connectivity index (χ0v) is 18.3. The van der Waals surface area contributed by atoms with E-state index in [1.807, 2.05) is 18.1 Å². The molecule has 0 bridgehead atoms. The molecule has 5 rings (SSSR count). The van der Waals surface area contributed by atoms with Gasteiger partial charge in [0, 0.05) is 38.0 Å². The number of ether oxygens (including phenoxy) is 1. The molecule has 1 aliphatic heterocycles. The van der Waals surface area contributed by atoms with Crippen molar-refractivity contribution in [2.75, 3.05) is 24.6 Å². The van der Waals surface area contributed by atoms with Gasteiger partial charge in [-0.15, -0.1) is 0 Å². The summed E-state index contributed by atoms with van der Waals surface area (Å²) < 4.78 is 36.6. The molecule has 33 heavy (non-hydrogen) atoms. The number of halogens is 2. The van der Waals surface area contributed by atoms with Crippen LogP contribution in [0.25, 0.3) is 22.3 Å². The molecule has 4 heterocycles. The summed E-state index contributed by atoms with van der Waals surface area (Å²) >= 11 is 0. The molecule has 1 aliphatic rings. The first-order valence-corrected chi connectivity index (χ1v) is 10.4. The molecule has 0 saturated carbocycles. The van der Waals surface area contributed by atoms with E-state index in [-0.39, 0.29) is 28.4 Å². The van der Waals surface area contributed by atoms with E-state index in [1.165, 1.54) is 10.6 Å². The van der Waals surface area contributed by atoms with Crippen LogP contribution in [0.15, 0.2) is 35.4 Å². The largest absolute Gasteiger partial charge is 0.370 e. The molecule has 0 amide bonds. The quantitative estimate of drug-likeness (QED) is 0.470. The van der Waals surface area contributed by atoms with Gasteiger partial charge in [0.1, 0.15) is 23.1 Å². The lowest BCUT2D eigenvalue weighted by Gasteiger charge is -2.32. The first-order chi connectivity index (χ1) is 15.8. The lowest BCUT2D eigenvalue weighted by Crippen LogP contribution is -2.39. The summed E-state index contributed by atoms with van der Waals surface area (Å²) in [5.74, 6) is -1.23. The molecule has 1 saturated heterocycles. The Bertz CT molecular complexity index is 1430. The second kappa shape index (κ2) is 8.00. The van der Waals surface area contributed by atoms with Gasteiger partial charge in [0.15, 0.2) is 17.2 Å². The van der Waals surface area contributed by atoms with E-state index < -0.39 is 11.6 Å². The maximum atomic E-state index is 14.0. The van der Waals surface area contributed by atoms with Gasteiger partial charge in [0.05, 0.1) is 19.3 Å². The molecule has 4 aromatic rings. The number of benzene rings is 1. The van der Waals surface area contributed by atoms with Crippen molar-refractivity contribution in [2.24, 2.45) is 14.1 Å². The minimum Gasteiger partial charge on any atom is -0.370 e. The number of aromatic nitrogens is 6. The molecule has 1 fully saturated rings. The number of aryl methyl sites for hydroxylation is 2. The summed E-state index contributed by atoms with van der Waals surface area (Å²) in [4.78, 5) is 28.6. The van der Waals surface area contributed by atoms with Crippen LogP contribution in [0.2, 0.25) is 0 Å². The third-order valence-electron chi connectivity index (χ3n) is 5.78. The molecule has 1 aromatic carbocycles. The van der Waals surface area contributed by atoms with E-state index in [0.717, 1.165) is 17.7 Å². The van der Waals surface area contributed by atoms with Crippen molar-refractivity contribution in [3.05, 3.63) is 64.0 Å². The topological polar surface area (TPSA) is 91.0 Å². The number of hydrogen-bond donors (Lipinski definition) is 0. The fourth-order valence-corrected chi connectivity index (χ4v) is 3.87. The fourth-order valence-electron chi connectivity index (χ4n) is 3.87. The number of rotatable bonds is 3. The van der Waals surface area contributed by atoms with Crippen molar-refractivity contribution < 1.29 is 13.5 Å². The van der Waals surface area contributed by atoms with Crippen molar-refractivity contribution in [3.63, 3.8) is 0 Å². The van der Waals surface area contributed by atoms with Gasteiger partial charge in [-0.3, -0.25) is 14.0 Å². The molecular formula is C22H21F2N7O2. The van der Waals surface area contributed by atoms with Crippen molar-refractivity contribution in [1.82, 2.24) is 29.3 Å². The summed E-state index contributed by atoms with van der Waals surface area (Å²) in [6.07, 6.45) is 3.37. The smallest absolute Gasteiger partial charge is 0.279 e. The van der Waals surface area contributed by atoms with Crippen LogP contribution in [0.4, 0.5) is 14.7 Å². The molecule has 170 valence electrons. The summed E-state index contributed by atoms with van der Waals surface area (Å²) in [7, 11) is 3.44. The molecule has 11 heteroatoms. The van der Waals surface area contributed by atoms with Gasteiger partial charge >= 0.3 is 0 Å². The Hall–Kier alpha value is -3.73. The van der Waals surface area contributed by atoms with Crippen LogP contribution in [0, 0.1) is 18.6 Å². The molecule has 0 spiro atoms. The van der Waals surface area contributed by atoms with Gasteiger partial charge < -0.3 is 9.64 Å². The maximum Gasteiger partial charge on any atom is 0.279 e. The number of hydrogen-bond acceptors (Lipinski definition) is 7. The molecule has 0 radical (unpaired) electrons. The molecule has 0 aliphatic carbocycles. The predicted octanol–water partition coefficient (Wildman–Crippen LogP) is 2.29. The third kappa shape index (κ3) is 3.74. The highest BCUT2D eigenvalue weighted by molar-refractivity contribution is 5.89. The van der Waals surface area contributed by atoms with Gasteiger partial charge in [0.25, 0.3) is 5.56 Å². The Labute approximate surface area is 187 Å². The minimum absolute atomic E-state index is 0.109. The van der Waals surface area contributed by atoms with Gasteiger partial charge in [-0.05, 0) is 25.1 Å². The number of morpholine rings is 1. The lowest BCUT2D eigenvalue weighted by atomic mass is 10.1. The van der Waals surface area contributed by atoms with E-state index in [4.69, 9.17) is 4.74 Å². The van der Waals surface area contributed by atoms with Crippen molar-refractivity contribution in [1.29, 1.82) is 0 Å². The van der Waals surface area contributed by atoms with E-state index >= 15 is 0 Å². The van der Waals surface area contributed by atoms with Crippen LogP contribution in [0.5, 0.6) is 0 Å². The second-order valence-corrected chi connectivity index (χ2v) is 7.97. The molecule has 0 unspecified atom stereocenters. The molecule has 9 nitrogen and oxygen atoms in total. The highest BCUT2D eigenvalue weighted by Crippen LogP contribution is 2.29. The van der Waals surface area contributed by atoms with Crippen molar-refractivity contribution in [3.8, 4) is 11.3 Å². The number of anilines is 1. The van der Waals surface area contributed by atoms with Crippen LogP contribution in [-0.4, -0.2) is 49.0 Å². The Morgan fingerprint density at radius 1 is 1.09 bits per heavy atom. The van der Waals surface area contributed by atoms with Gasteiger partial charge in [-0.2, -0.15) is 5.10 Å². The van der Waals surface area contributed by atoms with Crippen LogP contribution in [-0.2, 0) is 18.8 Å². The van der Waals surface area contributed by atoms with Crippen LogP contribution < -0.4 is 10.5 Å². The van der Waals surface area contributed by atoms with E-state index in [1.54, 1.807) is 24.9 Å². The van der Waals surface area contributed by atoms with E-state index in [9.17, 15) is 13.6 Å². The minimum atomic E-state index is -1.01. The number of nitrogens with zero attached hydrogens (tertiary/aromatic N) is 7. The van der Waals surface area contributed by atoms with E-state index in [2.05, 4.69) is 20.1 Å². The van der Waals surface area contributed by atoms with Crippen LogP contribution in [0.1, 0.15) is 17.5 Å². The normalized spacial score (nSPS) is 16.5. The van der Waals surface area contributed by atoms with Crippen molar-refractivity contribution >= 4 is 17.0 Å². The van der Waals surface area contributed by atoms with Gasteiger partial charge in [-0.25, -0.2) is 23.7 Å². The second-order valence-electron chi connectivity index (χ2n) is 7.97. The fraction of sp³-hybridized carbons (Fsp3) is 0.318. The Kier molecular flexibility index (Phi) is 5.12. The Morgan fingerprint density at radius 3 is 2.64 bits per heavy atom. The Morgan fingerprint density at radius 2 is 1.91 bits per heavy atom.